The smallest absolute Gasteiger partial charge is 0.119 e. The Morgan fingerprint density at radius 3 is 2.76 bits per heavy atom. The maximum Gasteiger partial charge on any atom is 0.119 e. The first-order chi connectivity index (χ1) is 10.3. The zero-order chi connectivity index (χ0) is 14.2. The molecular weight excluding hydrogens is 260 g/mol. The van der Waals surface area contributed by atoms with Gasteiger partial charge in [-0.2, -0.15) is 0 Å². The number of rotatable bonds is 3. The van der Waals surface area contributed by atoms with Gasteiger partial charge in [-0.25, -0.2) is 0 Å². The monoisotopic (exact) mass is 276 g/mol. The zero-order valence-corrected chi connectivity index (χ0v) is 11.8. The summed E-state index contributed by atoms with van der Waals surface area (Å²) in [5.41, 5.74) is 4.82. The van der Waals surface area contributed by atoms with Crippen LogP contribution in [-0.2, 0) is 6.42 Å². The highest BCUT2D eigenvalue weighted by Crippen LogP contribution is 2.26. The summed E-state index contributed by atoms with van der Waals surface area (Å²) in [6.45, 7) is 0. The molecule has 3 heteroatoms. The number of benzene rings is 2. The van der Waals surface area contributed by atoms with Crippen molar-refractivity contribution in [1.82, 2.24) is 9.97 Å². The molecule has 0 spiro atoms. The van der Waals surface area contributed by atoms with Gasteiger partial charge in [0.15, 0.2) is 0 Å². The molecule has 3 nitrogen and oxygen atoms in total. The Morgan fingerprint density at radius 1 is 1.00 bits per heavy atom. The fourth-order valence-corrected chi connectivity index (χ4v) is 2.86. The lowest BCUT2D eigenvalue weighted by atomic mass is 10.1. The van der Waals surface area contributed by atoms with Crippen LogP contribution < -0.4 is 4.74 Å². The molecule has 0 bridgehead atoms. The normalized spacial score (nSPS) is 11.3. The second-order valence-corrected chi connectivity index (χ2v) is 5.28. The van der Waals surface area contributed by atoms with E-state index in [0.717, 1.165) is 17.7 Å². The van der Waals surface area contributed by atoms with Gasteiger partial charge in [-0.1, -0.05) is 18.2 Å². The van der Waals surface area contributed by atoms with E-state index >= 15 is 0 Å². The lowest BCUT2D eigenvalue weighted by molar-refractivity contribution is 0.415. The molecule has 0 unspecified atom stereocenters. The molecular formula is C18H16N2O. The molecule has 2 heterocycles. The molecule has 4 aromatic rings. The van der Waals surface area contributed by atoms with Crippen molar-refractivity contribution in [3.05, 3.63) is 66.0 Å². The largest absolute Gasteiger partial charge is 0.497 e. The maximum atomic E-state index is 5.32. The summed E-state index contributed by atoms with van der Waals surface area (Å²) in [7, 11) is 1.70. The zero-order valence-electron chi connectivity index (χ0n) is 11.8. The van der Waals surface area contributed by atoms with Crippen LogP contribution >= 0.6 is 0 Å². The van der Waals surface area contributed by atoms with Crippen molar-refractivity contribution >= 4 is 21.8 Å². The first-order valence-corrected chi connectivity index (χ1v) is 7.04. The van der Waals surface area contributed by atoms with E-state index in [2.05, 4.69) is 58.6 Å². The Kier molecular flexibility index (Phi) is 2.71. The highest BCUT2D eigenvalue weighted by Gasteiger charge is 2.08. The summed E-state index contributed by atoms with van der Waals surface area (Å²) in [6, 6.07) is 16.7. The van der Waals surface area contributed by atoms with Crippen LogP contribution in [0.4, 0.5) is 0 Å². The van der Waals surface area contributed by atoms with Gasteiger partial charge in [0.1, 0.15) is 5.75 Å². The topological polar surface area (TPSA) is 40.8 Å². The van der Waals surface area contributed by atoms with Crippen LogP contribution in [0.1, 0.15) is 11.3 Å². The number of hydrogen-bond acceptors (Lipinski definition) is 1. The van der Waals surface area contributed by atoms with E-state index < -0.39 is 0 Å². The standard InChI is InChI=1S/C18H16N2O/c1-21-15-6-7-18-16(10-15)13(11-19-18)9-14-8-12-4-2-3-5-17(12)20-14/h2-8,10-11,19-20H,9H2,1H3. The van der Waals surface area contributed by atoms with Crippen LogP contribution in [0.25, 0.3) is 21.8 Å². The van der Waals surface area contributed by atoms with Gasteiger partial charge >= 0.3 is 0 Å². The SMILES string of the molecule is COc1ccc2[nH]cc(Cc3cc4ccccc4[nH]3)c2c1. The Labute approximate surface area is 122 Å². The lowest BCUT2D eigenvalue weighted by Gasteiger charge is -2.01. The number of methoxy groups -OCH3 is 1. The number of fused-ring (bicyclic) bond motifs is 2. The minimum atomic E-state index is 0.877. The van der Waals surface area contributed by atoms with Crippen molar-refractivity contribution in [3.8, 4) is 5.75 Å². The molecule has 0 saturated heterocycles. The molecule has 0 aliphatic heterocycles. The molecule has 0 radical (unpaired) electrons. The van der Waals surface area contributed by atoms with E-state index in [9.17, 15) is 0 Å². The second kappa shape index (κ2) is 4.70. The van der Waals surface area contributed by atoms with Crippen molar-refractivity contribution in [2.24, 2.45) is 0 Å². The third kappa shape index (κ3) is 2.07. The van der Waals surface area contributed by atoms with E-state index in [0.29, 0.717) is 0 Å². The van der Waals surface area contributed by atoms with Crippen molar-refractivity contribution in [1.29, 1.82) is 0 Å². The molecule has 2 aromatic carbocycles. The molecule has 0 atom stereocenters. The fourth-order valence-electron chi connectivity index (χ4n) is 2.86. The van der Waals surface area contributed by atoms with Crippen LogP contribution in [-0.4, -0.2) is 17.1 Å². The Morgan fingerprint density at radius 2 is 1.90 bits per heavy atom. The molecule has 0 amide bonds. The molecule has 2 N–H and O–H groups in total. The van der Waals surface area contributed by atoms with Crippen molar-refractivity contribution < 1.29 is 4.74 Å². The minimum Gasteiger partial charge on any atom is -0.497 e. The van der Waals surface area contributed by atoms with Gasteiger partial charge in [0.2, 0.25) is 0 Å². The summed E-state index contributed by atoms with van der Waals surface area (Å²) >= 11 is 0. The van der Waals surface area contributed by atoms with Crippen LogP contribution in [0, 0.1) is 0 Å². The van der Waals surface area contributed by atoms with Gasteiger partial charge in [-0.3, -0.25) is 0 Å². The number of aromatic amines is 2. The van der Waals surface area contributed by atoms with Crippen LogP contribution in [0.5, 0.6) is 5.75 Å². The number of aromatic nitrogens is 2. The summed E-state index contributed by atoms with van der Waals surface area (Å²) in [5, 5.41) is 2.47. The first-order valence-electron chi connectivity index (χ1n) is 7.04. The van der Waals surface area contributed by atoms with Crippen molar-refractivity contribution in [2.75, 3.05) is 7.11 Å². The highest BCUT2D eigenvalue weighted by molar-refractivity contribution is 5.85. The number of H-pyrrole nitrogens is 2. The number of para-hydroxylation sites is 1. The Balaban J connectivity index is 1.76. The third-order valence-corrected chi connectivity index (χ3v) is 3.94. The van der Waals surface area contributed by atoms with Gasteiger partial charge in [0.25, 0.3) is 0 Å². The molecule has 104 valence electrons. The van der Waals surface area contributed by atoms with Crippen molar-refractivity contribution in [3.63, 3.8) is 0 Å². The predicted octanol–water partition coefficient (Wildman–Crippen LogP) is 4.25. The second-order valence-electron chi connectivity index (χ2n) is 5.28. The van der Waals surface area contributed by atoms with E-state index in [-0.39, 0.29) is 0 Å². The minimum absolute atomic E-state index is 0.877. The van der Waals surface area contributed by atoms with E-state index in [1.54, 1.807) is 7.11 Å². The van der Waals surface area contributed by atoms with Gasteiger partial charge in [-0.05, 0) is 41.3 Å². The van der Waals surface area contributed by atoms with Gasteiger partial charge in [0, 0.05) is 34.7 Å². The average Bonchev–Trinajstić information content (AvgIpc) is 3.10. The number of nitrogens with one attached hydrogen (secondary N) is 2. The van der Waals surface area contributed by atoms with E-state index in [1.165, 1.54) is 27.5 Å². The third-order valence-electron chi connectivity index (χ3n) is 3.94. The summed E-state index contributed by atoms with van der Waals surface area (Å²) < 4.78 is 5.32. The molecule has 21 heavy (non-hydrogen) atoms. The lowest BCUT2D eigenvalue weighted by Crippen LogP contribution is -1.87. The number of ether oxygens (including phenoxy) is 1. The van der Waals surface area contributed by atoms with Crippen LogP contribution in [0.15, 0.2) is 54.7 Å². The summed E-state index contributed by atoms with van der Waals surface area (Å²) in [6.07, 6.45) is 2.96. The molecule has 4 rings (SSSR count). The fraction of sp³-hybridized carbons (Fsp3) is 0.111. The van der Waals surface area contributed by atoms with Gasteiger partial charge in [-0.15, -0.1) is 0 Å². The Bertz CT molecular complexity index is 884. The average molecular weight is 276 g/mol. The van der Waals surface area contributed by atoms with Crippen LogP contribution in [0.3, 0.4) is 0 Å². The van der Waals surface area contributed by atoms with Gasteiger partial charge < -0.3 is 14.7 Å². The molecule has 0 saturated carbocycles. The van der Waals surface area contributed by atoms with Crippen LogP contribution in [0.2, 0.25) is 0 Å². The summed E-state index contributed by atoms with van der Waals surface area (Å²) in [4.78, 5) is 6.81. The first kappa shape index (κ1) is 12.1. The number of hydrogen-bond donors (Lipinski definition) is 2. The van der Waals surface area contributed by atoms with E-state index in [4.69, 9.17) is 4.74 Å². The molecule has 2 aromatic heterocycles. The van der Waals surface area contributed by atoms with E-state index in [1.807, 2.05) is 6.07 Å². The molecule has 0 aliphatic rings. The summed E-state index contributed by atoms with van der Waals surface area (Å²) in [5.74, 6) is 0.889. The quantitative estimate of drug-likeness (QED) is 0.577. The highest BCUT2D eigenvalue weighted by atomic mass is 16.5. The molecule has 0 aliphatic carbocycles. The van der Waals surface area contributed by atoms with Gasteiger partial charge in [0.05, 0.1) is 7.11 Å². The predicted molar refractivity (Wildman–Crippen MR) is 86.0 cm³/mol. The van der Waals surface area contributed by atoms with Crippen molar-refractivity contribution in [2.45, 2.75) is 6.42 Å². The molecule has 0 fully saturated rings. The Hall–Kier alpha value is -2.68. The maximum absolute atomic E-state index is 5.32.